The second-order valence-electron chi connectivity index (χ2n) is 6.83. The van der Waals surface area contributed by atoms with Crippen molar-refractivity contribution in [3.05, 3.63) is 83.4 Å². The minimum atomic E-state index is -4.40. The average Bonchev–Trinajstić information content (AvgIpc) is 3.39. The van der Waals surface area contributed by atoms with Gasteiger partial charge in [0, 0.05) is 23.5 Å². The van der Waals surface area contributed by atoms with Gasteiger partial charge in [0.1, 0.15) is 10.7 Å². The Morgan fingerprint density at radius 1 is 1.06 bits per heavy atom. The van der Waals surface area contributed by atoms with Crippen molar-refractivity contribution in [1.82, 2.24) is 14.8 Å². The van der Waals surface area contributed by atoms with E-state index in [1.165, 1.54) is 35.3 Å². The molecule has 0 radical (unpaired) electrons. The Labute approximate surface area is 189 Å². The van der Waals surface area contributed by atoms with Gasteiger partial charge in [-0.25, -0.2) is 17.8 Å². The first kappa shape index (κ1) is 22.7. The molecule has 0 unspecified atom stereocenters. The topological polar surface area (TPSA) is 88.9 Å². The van der Waals surface area contributed by atoms with Crippen LogP contribution < -0.4 is 10.0 Å². The Hall–Kier alpha value is -3.45. The molecule has 2 N–H and O–H groups in total. The highest BCUT2D eigenvalue weighted by Gasteiger charge is 2.29. The van der Waals surface area contributed by atoms with E-state index in [4.69, 9.17) is 0 Å². The van der Waals surface area contributed by atoms with E-state index in [-0.39, 0.29) is 17.4 Å². The first-order valence-corrected chi connectivity index (χ1v) is 11.6. The summed E-state index contributed by atoms with van der Waals surface area (Å²) in [7, 11) is -4.14. The molecule has 33 heavy (non-hydrogen) atoms. The van der Waals surface area contributed by atoms with E-state index in [1.807, 2.05) is 0 Å². The number of rotatable bonds is 7. The van der Waals surface area contributed by atoms with Gasteiger partial charge in [-0.1, -0.05) is 12.1 Å². The Kier molecular flexibility index (Phi) is 6.08. The molecular formula is C20H15F4N5O2S2. The summed E-state index contributed by atoms with van der Waals surface area (Å²) in [6, 6.07) is 8.29. The number of aromatic nitrogens is 3. The average molecular weight is 497 g/mol. The van der Waals surface area contributed by atoms with Crippen molar-refractivity contribution in [2.45, 2.75) is 17.6 Å². The number of alkyl halides is 3. The monoisotopic (exact) mass is 497 g/mol. The molecule has 4 aromatic rings. The molecule has 0 spiro atoms. The maximum Gasteiger partial charge on any atom is 0.416 e. The van der Waals surface area contributed by atoms with Crippen molar-refractivity contribution < 1.29 is 26.0 Å². The largest absolute Gasteiger partial charge is 0.416 e. The number of halogens is 4. The summed E-state index contributed by atoms with van der Waals surface area (Å²) in [5, 5.41) is 8.74. The summed E-state index contributed by atoms with van der Waals surface area (Å²) >= 11 is 1.06. The standard InChI is InChI=1S/C20H15F4N5O2S2/c21-17-9-15(5-6-18(17)33(30,31)28-19-25-7-8-32-19)27-16-10-26-29(12-16)11-13-1-3-14(4-2-13)20(22,23)24/h1-10,12,27H,11H2,(H,25,28). The smallest absolute Gasteiger partial charge is 0.353 e. The molecule has 0 fully saturated rings. The minimum Gasteiger partial charge on any atom is -0.353 e. The molecule has 4 rings (SSSR count). The molecule has 0 aliphatic carbocycles. The number of benzene rings is 2. The van der Waals surface area contributed by atoms with Crippen LogP contribution in [0.5, 0.6) is 0 Å². The van der Waals surface area contributed by atoms with E-state index >= 15 is 0 Å². The molecule has 0 amide bonds. The molecule has 0 aliphatic rings. The van der Waals surface area contributed by atoms with Crippen LogP contribution in [0, 0.1) is 5.82 Å². The van der Waals surface area contributed by atoms with Crippen LogP contribution in [0.4, 0.5) is 34.1 Å². The van der Waals surface area contributed by atoms with Crippen molar-refractivity contribution in [2.24, 2.45) is 0 Å². The molecule has 2 aromatic heterocycles. The molecule has 0 saturated carbocycles. The first-order valence-electron chi connectivity index (χ1n) is 9.28. The maximum absolute atomic E-state index is 14.5. The van der Waals surface area contributed by atoms with Gasteiger partial charge >= 0.3 is 6.18 Å². The van der Waals surface area contributed by atoms with Crippen molar-refractivity contribution >= 4 is 37.9 Å². The van der Waals surface area contributed by atoms with Gasteiger partial charge in [-0.3, -0.25) is 9.40 Å². The Morgan fingerprint density at radius 3 is 2.45 bits per heavy atom. The highest BCUT2D eigenvalue weighted by Crippen LogP contribution is 2.29. The number of anilines is 3. The molecule has 2 aromatic carbocycles. The fraction of sp³-hybridized carbons (Fsp3) is 0.100. The van der Waals surface area contributed by atoms with E-state index in [0.717, 1.165) is 35.6 Å². The summed E-state index contributed by atoms with van der Waals surface area (Å²) in [6.07, 6.45) is 0.0624. The predicted molar refractivity (Wildman–Crippen MR) is 115 cm³/mol. The number of sulfonamides is 1. The van der Waals surface area contributed by atoms with Gasteiger partial charge in [0.05, 0.1) is 24.0 Å². The van der Waals surface area contributed by atoms with Crippen molar-refractivity contribution in [1.29, 1.82) is 0 Å². The zero-order valence-corrected chi connectivity index (χ0v) is 18.2. The number of nitrogens with zero attached hydrogens (tertiary/aromatic N) is 3. The van der Waals surface area contributed by atoms with Crippen LogP contribution >= 0.6 is 11.3 Å². The second kappa shape index (κ2) is 8.83. The van der Waals surface area contributed by atoms with Crippen molar-refractivity contribution in [2.75, 3.05) is 10.0 Å². The lowest BCUT2D eigenvalue weighted by atomic mass is 10.1. The number of hydrogen-bond acceptors (Lipinski definition) is 6. The third-order valence-electron chi connectivity index (χ3n) is 4.42. The van der Waals surface area contributed by atoms with Crippen LogP contribution in [0.15, 0.2) is 71.3 Å². The quantitative estimate of drug-likeness (QED) is 0.347. The fourth-order valence-corrected chi connectivity index (χ4v) is 4.76. The molecule has 2 heterocycles. The minimum absolute atomic E-state index is 0.122. The molecular weight excluding hydrogens is 482 g/mol. The van der Waals surface area contributed by atoms with Crippen LogP contribution in [-0.2, 0) is 22.7 Å². The van der Waals surface area contributed by atoms with Gasteiger partial charge in [-0.05, 0) is 35.9 Å². The Bertz CT molecular complexity index is 1350. The normalized spacial score (nSPS) is 12.0. The van der Waals surface area contributed by atoms with Crippen molar-refractivity contribution in [3.8, 4) is 0 Å². The van der Waals surface area contributed by atoms with Gasteiger partial charge in [0.25, 0.3) is 10.0 Å². The van der Waals surface area contributed by atoms with Crippen molar-refractivity contribution in [3.63, 3.8) is 0 Å². The zero-order chi connectivity index (χ0) is 23.6. The Balaban J connectivity index is 1.43. The van der Waals surface area contributed by atoms with E-state index in [2.05, 4.69) is 20.1 Å². The molecule has 172 valence electrons. The Morgan fingerprint density at radius 2 is 1.82 bits per heavy atom. The van der Waals surface area contributed by atoms with E-state index in [9.17, 15) is 26.0 Å². The number of hydrogen-bond donors (Lipinski definition) is 2. The van der Waals surface area contributed by atoms with Crippen LogP contribution in [0.1, 0.15) is 11.1 Å². The van der Waals surface area contributed by atoms with Gasteiger partial charge in [0.15, 0.2) is 5.13 Å². The SMILES string of the molecule is O=S(=O)(Nc1nccs1)c1ccc(Nc2cnn(Cc3ccc(C(F)(F)F)cc3)c2)cc1F. The summed E-state index contributed by atoms with van der Waals surface area (Å²) in [4.78, 5) is 3.28. The first-order chi connectivity index (χ1) is 15.6. The molecule has 0 saturated heterocycles. The molecule has 13 heteroatoms. The third kappa shape index (κ3) is 5.49. The molecule has 0 aliphatic heterocycles. The van der Waals surface area contributed by atoms with Crippen LogP contribution in [0.2, 0.25) is 0 Å². The third-order valence-corrected chi connectivity index (χ3v) is 6.61. The predicted octanol–water partition coefficient (Wildman–Crippen LogP) is 5.09. The van der Waals surface area contributed by atoms with Crippen LogP contribution in [0.25, 0.3) is 0 Å². The molecule has 0 atom stereocenters. The summed E-state index contributed by atoms with van der Waals surface area (Å²) < 4.78 is 80.9. The highest BCUT2D eigenvalue weighted by atomic mass is 32.2. The zero-order valence-electron chi connectivity index (χ0n) is 16.5. The fourth-order valence-electron chi connectivity index (χ4n) is 2.91. The van der Waals surface area contributed by atoms with E-state index < -0.39 is 32.5 Å². The molecule has 0 bridgehead atoms. The van der Waals surface area contributed by atoms with Gasteiger partial charge in [-0.15, -0.1) is 11.3 Å². The lowest BCUT2D eigenvalue weighted by Gasteiger charge is -2.09. The van der Waals surface area contributed by atoms with E-state index in [0.29, 0.717) is 11.3 Å². The molecule has 7 nitrogen and oxygen atoms in total. The lowest BCUT2D eigenvalue weighted by molar-refractivity contribution is -0.137. The highest BCUT2D eigenvalue weighted by molar-refractivity contribution is 7.93. The summed E-state index contributed by atoms with van der Waals surface area (Å²) in [5.74, 6) is -0.957. The maximum atomic E-state index is 14.5. The van der Waals surface area contributed by atoms with Crippen LogP contribution in [-0.4, -0.2) is 23.2 Å². The van der Waals surface area contributed by atoms with Gasteiger partial charge in [-0.2, -0.15) is 18.3 Å². The second-order valence-corrected chi connectivity index (χ2v) is 9.38. The van der Waals surface area contributed by atoms with Gasteiger partial charge in [0.2, 0.25) is 0 Å². The summed E-state index contributed by atoms with van der Waals surface area (Å²) in [5.41, 5.74) is 0.655. The lowest BCUT2D eigenvalue weighted by Crippen LogP contribution is -2.14. The summed E-state index contributed by atoms with van der Waals surface area (Å²) in [6.45, 7) is 0.230. The van der Waals surface area contributed by atoms with Gasteiger partial charge < -0.3 is 5.32 Å². The number of thiazole rings is 1. The van der Waals surface area contributed by atoms with E-state index in [1.54, 1.807) is 11.6 Å². The van der Waals surface area contributed by atoms with Crippen LogP contribution in [0.3, 0.4) is 0 Å². The number of nitrogens with one attached hydrogen (secondary N) is 2.